The molecular formula is C16H14N6O3. The first-order valence-corrected chi connectivity index (χ1v) is 7.28. The van der Waals surface area contributed by atoms with E-state index in [4.69, 9.17) is 9.90 Å². The van der Waals surface area contributed by atoms with Crippen LogP contribution in [0.5, 0.6) is 0 Å². The standard InChI is InChI=1S/C15H12N6O.CH2O2/c22-14-5-4-11(8-17-14)15-16-6-7-20(15)9-12-2-1-3-13-18-10-19-21(12)13;2-1-3/h1-8,10H,9H2,(H,17,22);1H,(H,2,3). The summed E-state index contributed by atoms with van der Waals surface area (Å²) in [5.74, 6) is 0.786. The Labute approximate surface area is 141 Å². The minimum Gasteiger partial charge on any atom is -0.483 e. The van der Waals surface area contributed by atoms with E-state index >= 15 is 0 Å². The van der Waals surface area contributed by atoms with Crippen LogP contribution in [-0.2, 0) is 11.3 Å². The van der Waals surface area contributed by atoms with E-state index in [-0.39, 0.29) is 12.0 Å². The minimum atomic E-state index is -0.250. The van der Waals surface area contributed by atoms with Gasteiger partial charge in [0.2, 0.25) is 5.56 Å². The number of carboxylic acid groups (broad SMARTS) is 1. The van der Waals surface area contributed by atoms with Gasteiger partial charge in [0, 0.05) is 30.2 Å². The van der Waals surface area contributed by atoms with Gasteiger partial charge in [-0.05, 0) is 18.2 Å². The maximum Gasteiger partial charge on any atom is 0.290 e. The zero-order chi connectivity index (χ0) is 17.6. The molecule has 0 atom stereocenters. The lowest BCUT2D eigenvalue weighted by Gasteiger charge is -2.09. The van der Waals surface area contributed by atoms with Gasteiger partial charge in [-0.1, -0.05) is 6.07 Å². The fraction of sp³-hybridized carbons (Fsp3) is 0.0625. The summed E-state index contributed by atoms with van der Waals surface area (Å²) in [7, 11) is 0. The highest BCUT2D eigenvalue weighted by Crippen LogP contribution is 2.16. The number of hydrogen-bond acceptors (Lipinski definition) is 5. The van der Waals surface area contributed by atoms with E-state index in [1.165, 1.54) is 12.4 Å². The average molecular weight is 338 g/mol. The molecule has 0 aliphatic rings. The highest BCUT2D eigenvalue weighted by molar-refractivity contribution is 5.53. The molecule has 4 aromatic heterocycles. The maximum absolute atomic E-state index is 11.2. The Hall–Kier alpha value is -3.75. The summed E-state index contributed by atoms with van der Waals surface area (Å²) in [5.41, 5.74) is 2.53. The Morgan fingerprint density at radius 2 is 2.04 bits per heavy atom. The maximum atomic E-state index is 11.2. The molecule has 4 heterocycles. The summed E-state index contributed by atoms with van der Waals surface area (Å²) in [5, 5.41) is 11.1. The van der Waals surface area contributed by atoms with E-state index < -0.39 is 0 Å². The van der Waals surface area contributed by atoms with Crippen LogP contribution in [-0.4, -0.2) is 40.7 Å². The van der Waals surface area contributed by atoms with Crippen molar-refractivity contribution < 1.29 is 9.90 Å². The van der Waals surface area contributed by atoms with E-state index in [2.05, 4.69) is 20.1 Å². The van der Waals surface area contributed by atoms with Crippen LogP contribution in [0.4, 0.5) is 0 Å². The van der Waals surface area contributed by atoms with E-state index in [9.17, 15) is 4.79 Å². The van der Waals surface area contributed by atoms with Gasteiger partial charge in [-0.15, -0.1) is 0 Å². The van der Waals surface area contributed by atoms with Crippen molar-refractivity contribution in [3.8, 4) is 11.4 Å². The van der Waals surface area contributed by atoms with Gasteiger partial charge in [0.25, 0.3) is 6.47 Å². The zero-order valence-corrected chi connectivity index (χ0v) is 13.0. The molecule has 4 rings (SSSR count). The predicted octanol–water partition coefficient (Wildman–Crippen LogP) is 1.03. The Balaban J connectivity index is 0.000000569. The lowest BCUT2D eigenvalue weighted by atomic mass is 10.2. The third kappa shape index (κ3) is 3.44. The molecule has 0 aliphatic carbocycles. The number of pyridine rings is 2. The molecule has 0 saturated carbocycles. The van der Waals surface area contributed by atoms with Gasteiger partial charge in [-0.3, -0.25) is 9.59 Å². The van der Waals surface area contributed by atoms with E-state index in [0.717, 1.165) is 22.7 Å². The Morgan fingerprint density at radius 3 is 2.80 bits per heavy atom. The van der Waals surface area contributed by atoms with E-state index in [0.29, 0.717) is 6.54 Å². The number of aromatic amines is 1. The fourth-order valence-electron chi connectivity index (χ4n) is 2.44. The van der Waals surface area contributed by atoms with Crippen LogP contribution in [0.25, 0.3) is 17.0 Å². The van der Waals surface area contributed by atoms with Crippen molar-refractivity contribution in [2.75, 3.05) is 0 Å². The van der Waals surface area contributed by atoms with Crippen LogP contribution in [0, 0.1) is 0 Å². The normalized spacial score (nSPS) is 10.2. The molecule has 0 bridgehead atoms. The smallest absolute Gasteiger partial charge is 0.290 e. The van der Waals surface area contributed by atoms with Crippen molar-refractivity contribution in [3.05, 3.63) is 71.3 Å². The largest absolute Gasteiger partial charge is 0.483 e. The van der Waals surface area contributed by atoms with Crippen molar-refractivity contribution in [1.29, 1.82) is 0 Å². The van der Waals surface area contributed by atoms with Crippen LogP contribution in [0.2, 0.25) is 0 Å². The molecule has 9 nitrogen and oxygen atoms in total. The van der Waals surface area contributed by atoms with Crippen molar-refractivity contribution in [2.24, 2.45) is 0 Å². The van der Waals surface area contributed by atoms with Crippen molar-refractivity contribution in [3.63, 3.8) is 0 Å². The minimum absolute atomic E-state index is 0.130. The molecule has 25 heavy (non-hydrogen) atoms. The second-order valence-electron chi connectivity index (χ2n) is 4.97. The fourth-order valence-corrected chi connectivity index (χ4v) is 2.44. The molecular weight excluding hydrogens is 324 g/mol. The molecule has 0 spiro atoms. The summed E-state index contributed by atoms with van der Waals surface area (Å²) in [6.45, 7) is 0.356. The van der Waals surface area contributed by atoms with Gasteiger partial charge >= 0.3 is 0 Å². The molecule has 0 aliphatic heterocycles. The van der Waals surface area contributed by atoms with Crippen LogP contribution >= 0.6 is 0 Å². The van der Waals surface area contributed by atoms with E-state index in [1.807, 2.05) is 29.0 Å². The highest BCUT2D eigenvalue weighted by atomic mass is 16.3. The Morgan fingerprint density at radius 1 is 1.20 bits per heavy atom. The van der Waals surface area contributed by atoms with Crippen LogP contribution < -0.4 is 5.56 Å². The topological polar surface area (TPSA) is 118 Å². The second kappa shape index (κ2) is 7.21. The number of hydrogen-bond donors (Lipinski definition) is 2. The number of imidazole rings is 1. The molecule has 0 radical (unpaired) electrons. The number of nitrogens with one attached hydrogen (secondary N) is 1. The molecule has 0 amide bonds. The molecule has 4 aromatic rings. The first-order valence-electron chi connectivity index (χ1n) is 7.28. The third-order valence-electron chi connectivity index (χ3n) is 3.47. The lowest BCUT2D eigenvalue weighted by Crippen LogP contribution is -2.08. The first-order chi connectivity index (χ1) is 12.2. The number of fused-ring (bicyclic) bond motifs is 1. The lowest BCUT2D eigenvalue weighted by molar-refractivity contribution is -0.122. The zero-order valence-electron chi connectivity index (χ0n) is 13.0. The predicted molar refractivity (Wildman–Crippen MR) is 89.1 cm³/mol. The van der Waals surface area contributed by atoms with Gasteiger partial charge in [0.05, 0.1) is 12.2 Å². The van der Waals surface area contributed by atoms with E-state index in [1.54, 1.807) is 23.0 Å². The van der Waals surface area contributed by atoms with Crippen LogP contribution in [0.1, 0.15) is 5.69 Å². The quantitative estimate of drug-likeness (QED) is 0.539. The molecule has 9 heteroatoms. The number of carbonyl (C=O) groups is 1. The van der Waals surface area contributed by atoms with Crippen molar-refractivity contribution in [2.45, 2.75) is 6.54 Å². The molecule has 0 unspecified atom stereocenters. The average Bonchev–Trinajstić information content (AvgIpc) is 3.26. The summed E-state index contributed by atoms with van der Waals surface area (Å²) < 4.78 is 3.81. The van der Waals surface area contributed by atoms with Gasteiger partial charge in [0.15, 0.2) is 5.65 Å². The molecule has 0 fully saturated rings. The van der Waals surface area contributed by atoms with Gasteiger partial charge in [0.1, 0.15) is 12.2 Å². The molecule has 2 N–H and O–H groups in total. The summed E-state index contributed by atoms with van der Waals surface area (Å²) in [6.07, 6.45) is 6.84. The first kappa shape index (κ1) is 16.1. The van der Waals surface area contributed by atoms with Gasteiger partial charge in [-0.25, -0.2) is 14.5 Å². The summed E-state index contributed by atoms with van der Waals surface area (Å²) >= 11 is 0. The summed E-state index contributed by atoms with van der Waals surface area (Å²) in [6, 6.07) is 9.11. The second-order valence-corrected chi connectivity index (χ2v) is 4.97. The Bertz CT molecular complexity index is 1030. The van der Waals surface area contributed by atoms with Crippen molar-refractivity contribution in [1.82, 2.24) is 29.1 Å². The highest BCUT2D eigenvalue weighted by Gasteiger charge is 2.09. The van der Waals surface area contributed by atoms with Crippen molar-refractivity contribution >= 4 is 12.1 Å². The molecule has 0 aromatic carbocycles. The number of aromatic nitrogens is 6. The summed E-state index contributed by atoms with van der Waals surface area (Å²) in [4.78, 5) is 30.8. The number of rotatable bonds is 3. The Kier molecular flexibility index (Phi) is 4.65. The van der Waals surface area contributed by atoms with Gasteiger partial charge < -0.3 is 14.7 Å². The third-order valence-corrected chi connectivity index (χ3v) is 3.47. The molecule has 0 saturated heterocycles. The number of nitrogens with zero attached hydrogens (tertiary/aromatic N) is 5. The monoisotopic (exact) mass is 338 g/mol. The van der Waals surface area contributed by atoms with Gasteiger partial charge in [-0.2, -0.15) is 5.10 Å². The van der Waals surface area contributed by atoms with Crippen LogP contribution in [0.15, 0.2) is 60.0 Å². The molecule has 126 valence electrons. The SMILES string of the molecule is O=CO.O=c1ccc(-c2nccn2Cc2cccc3ncnn23)c[nH]1. The van der Waals surface area contributed by atoms with Crippen LogP contribution in [0.3, 0.4) is 0 Å². The number of H-pyrrole nitrogens is 1.